The monoisotopic (exact) mass is 262 g/mol. The van der Waals surface area contributed by atoms with E-state index in [0.717, 1.165) is 16.2 Å². The molecule has 88 valence electrons. The summed E-state index contributed by atoms with van der Waals surface area (Å²) in [5.74, 6) is 0.305. The highest BCUT2D eigenvalue weighted by Crippen LogP contribution is 2.71. The van der Waals surface area contributed by atoms with E-state index in [1.54, 1.807) is 23.5 Å². The van der Waals surface area contributed by atoms with Gasteiger partial charge in [0.15, 0.2) is 5.78 Å². The fourth-order valence-corrected chi connectivity index (χ4v) is 4.36. The van der Waals surface area contributed by atoms with Gasteiger partial charge in [-0.1, -0.05) is 36.5 Å². The number of hydrogen-bond donors (Lipinski definition) is 0. The largest absolute Gasteiger partial charge is 0.293 e. The van der Waals surface area contributed by atoms with Gasteiger partial charge in [0.1, 0.15) is 0 Å². The molecule has 0 spiro atoms. The molecule has 3 heteroatoms. The molecule has 3 rings (SSSR count). The number of allylic oxidation sites excluding steroid dienone is 7. The predicted octanol–water partition coefficient (Wildman–Crippen LogP) is 3.57. The summed E-state index contributed by atoms with van der Waals surface area (Å²) in [6, 6.07) is 0. The molecule has 2 atom stereocenters. The van der Waals surface area contributed by atoms with E-state index in [0.29, 0.717) is 5.78 Å². The minimum atomic E-state index is -0.247. The van der Waals surface area contributed by atoms with E-state index in [-0.39, 0.29) is 10.8 Å². The summed E-state index contributed by atoms with van der Waals surface area (Å²) in [4.78, 5) is 12.7. The number of rotatable bonds is 2. The van der Waals surface area contributed by atoms with Crippen LogP contribution >= 0.6 is 23.5 Å². The van der Waals surface area contributed by atoms with Crippen molar-refractivity contribution in [1.29, 1.82) is 0 Å². The highest BCUT2D eigenvalue weighted by molar-refractivity contribution is 8.21. The van der Waals surface area contributed by atoms with Gasteiger partial charge in [0.05, 0.1) is 9.65 Å². The summed E-state index contributed by atoms with van der Waals surface area (Å²) in [7, 11) is 0. The van der Waals surface area contributed by atoms with Crippen molar-refractivity contribution >= 4 is 29.3 Å². The second-order valence-corrected chi connectivity index (χ2v) is 6.57. The Hall–Kier alpha value is -0.670. The van der Waals surface area contributed by atoms with Crippen LogP contribution in [-0.4, -0.2) is 18.3 Å². The first-order chi connectivity index (χ1) is 8.19. The Morgan fingerprint density at radius 2 is 1.88 bits per heavy atom. The number of carbonyl (C=O) groups is 1. The molecule has 3 aliphatic rings. The van der Waals surface area contributed by atoms with Gasteiger partial charge in [0, 0.05) is 11.0 Å². The first-order valence-electron chi connectivity index (χ1n) is 5.62. The van der Waals surface area contributed by atoms with E-state index < -0.39 is 0 Å². The molecule has 1 nitrogen and oxygen atoms in total. The lowest BCUT2D eigenvalue weighted by atomic mass is 9.79. The zero-order valence-electron chi connectivity index (χ0n) is 9.90. The lowest BCUT2D eigenvalue weighted by Crippen LogP contribution is -2.26. The van der Waals surface area contributed by atoms with Crippen LogP contribution < -0.4 is 0 Å². The van der Waals surface area contributed by atoms with Crippen LogP contribution in [-0.2, 0) is 4.79 Å². The van der Waals surface area contributed by atoms with Gasteiger partial charge in [-0.3, -0.25) is 4.79 Å². The Morgan fingerprint density at radius 1 is 1.18 bits per heavy atom. The number of Topliss-reactive ketones (excluding diaryl/α,β-unsaturated/α-hetero) is 1. The van der Waals surface area contributed by atoms with Crippen molar-refractivity contribution in [3.8, 4) is 0 Å². The lowest BCUT2D eigenvalue weighted by molar-refractivity contribution is -0.119. The second kappa shape index (κ2) is 3.66. The summed E-state index contributed by atoms with van der Waals surface area (Å²) < 4.78 is 1.13. The molecule has 17 heavy (non-hydrogen) atoms. The molecule has 0 aliphatic heterocycles. The molecule has 0 aromatic carbocycles. The van der Waals surface area contributed by atoms with Crippen molar-refractivity contribution in [1.82, 2.24) is 0 Å². The van der Waals surface area contributed by atoms with Crippen LogP contribution in [0.4, 0.5) is 0 Å². The zero-order chi connectivity index (χ0) is 12.1. The third kappa shape index (κ3) is 1.33. The minimum absolute atomic E-state index is 0.00423. The Kier molecular flexibility index (Phi) is 2.46. The van der Waals surface area contributed by atoms with Crippen molar-refractivity contribution in [2.45, 2.75) is 6.42 Å². The maximum Gasteiger partial charge on any atom is 0.175 e. The highest BCUT2D eigenvalue weighted by Gasteiger charge is 2.69. The Bertz CT molecular complexity index is 506. The van der Waals surface area contributed by atoms with Crippen molar-refractivity contribution in [3.05, 3.63) is 46.3 Å². The molecule has 0 N–H and O–H groups in total. The van der Waals surface area contributed by atoms with Gasteiger partial charge in [-0.2, -0.15) is 0 Å². The topological polar surface area (TPSA) is 17.1 Å². The third-order valence-corrected chi connectivity index (χ3v) is 6.13. The van der Waals surface area contributed by atoms with Gasteiger partial charge < -0.3 is 0 Å². The fourth-order valence-electron chi connectivity index (χ4n) is 2.93. The molecule has 2 unspecified atom stereocenters. The molecule has 3 aliphatic carbocycles. The van der Waals surface area contributed by atoms with Crippen LogP contribution in [0.5, 0.6) is 0 Å². The van der Waals surface area contributed by atoms with Crippen LogP contribution in [0.2, 0.25) is 0 Å². The molecular formula is C14H14OS2. The Morgan fingerprint density at radius 3 is 2.59 bits per heavy atom. The summed E-state index contributed by atoms with van der Waals surface area (Å²) in [6.45, 7) is 0. The van der Waals surface area contributed by atoms with Crippen molar-refractivity contribution in [2.75, 3.05) is 12.5 Å². The molecule has 0 saturated heterocycles. The molecule has 0 bridgehead atoms. The van der Waals surface area contributed by atoms with E-state index in [9.17, 15) is 4.79 Å². The lowest BCUT2D eigenvalue weighted by Gasteiger charge is -2.24. The maximum atomic E-state index is 12.7. The Labute approximate surface area is 110 Å². The number of ketones is 1. The standard InChI is InChI=1S/C14H14OS2/c1-16-12(17-2)10-5-8-13-6-3-4-7-14(13,9-13)11(10)15/h3-8H,9H2,1-2H3. The normalized spacial score (nSPS) is 36.8. The predicted molar refractivity (Wildman–Crippen MR) is 76.0 cm³/mol. The molecule has 1 fully saturated rings. The van der Waals surface area contributed by atoms with Gasteiger partial charge in [-0.05, 0) is 18.9 Å². The molecule has 1 saturated carbocycles. The van der Waals surface area contributed by atoms with Gasteiger partial charge in [0.25, 0.3) is 0 Å². The van der Waals surface area contributed by atoms with Crippen molar-refractivity contribution in [2.24, 2.45) is 10.8 Å². The summed E-state index contributed by atoms with van der Waals surface area (Å²) in [5.41, 5.74) is 0.658. The number of carbonyl (C=O) groups excluding carboxylic acids is 1. The molecule has 0 heterocycles. The van der Waals surface area contributed by atoms with Gasteiger partial charge in [-0.15, -0.1) is 23.5 Å². The van der Waals surface area contributed by atoms with Crippen LogP contribution in [0.3, 0.4) is 0 Å². The average molecular weight is 262 g/mol. The van der Waals surface area contributed by atoms with Crippen LogP contribution in [0.1, 0.15) is 6.42 Å². The molecule has 0 aromatic heterocycles. The van der Waals surface area contributed by atoms with Crippen molar-refractivity contribution < 1.29 is 4.79 Å². The second-order valence-electron chi connectivity index (χ2n) is 4.68. The molecule has 0 aromatic rings. The minimum Gasteiger partial charge on any atom is -0.293 e. The Balaban J connectivity index is 2.11. The van der Waals surface area contributed by atoms with Crippen LogP contribution in [0.15, 0.2) is 46.3 Å². The number of thioether (sulfide) groups is 2. The molecule has 0 radical (unpaired) electrons. The SMILES string of the molecule is CSC(SC)=C1C=CC23C=CC=CC2(C3)C1=O. The first kappa shape index (κ1) is 11.4. The quantitative estimate of drug-likeness (QED) is 0.708. The fraction of sp³-hybridized carbons (Fsp3) is 0.357. The third-order valence-electron chi connectivity index (χ3n) is 3.95. The van der Waals surface area contributed by atoms with E-state index in [1.807, 2.05) is 24.7 Å². The molecule has 0 amide bonds. The van der Waals surface area contributed by atoms with Gasteiger partial charge >= 0.3 is 0 Å². The summed E-state index contributed by atoms with van der Waals surface area (Å²) in [5, 5.41) is 0. The summed E-state index contributed by atoms with van der Waals surface area (Å²) in [6.07, 6.45) is 17.6. The first-order valence-corrected chi connectivity index (χ1v) is 8.07. The molecular weight excluding hydrogens is 248 g/mol. The summed E-state index contributed by atoms with van der Waals surface area (Å²) >= 11 is 3.33. The smallest absolute Gasteiger partial charge is 0.175 e. The average Bonchev–Trinajstić information content (AvgIpc) is 3.05. The van der Waals surface area contributed by atoms with E-state index in [2.05, 4.69) is 24.3 Å². The van der Waals surface area contributed by atoms with Crippen LogP contribution in [0, 0.1) is 10.8 Å². The van der Waals surface area contributed by atoms with E-state index in [1.165, 1.54) is 0 Å². The van der Waals surface area contributed by atoms with Crippen molar-refractivity contribution in [3.63, 3.8) is 0 Å². The van der Waals surface area contributed by atoms with Gasteiger partial charge in [-0.25, -0.2) is 0 Å². The number of hydrogen-bond acceptors (Lipinski definition) is 3. The van der Waals surface area contributed by atoms with E-state index in [4.69, 9.17) is 0 Å². The van der Waals surface area contributed by atoms with E-state index >= 15 is 0 Å². The maximum absolute atomic E-state index is 12.7. The zero-order valence-corrected chi connectivity index (χ0v) is 11.5. The van der Waals surface area contributed by atoms with Crippen LogP contribution in [0.25, 0.3) is 0 Å². The van der Waals surface area contributed by atoms with Gasteiger partial charge in [0.2, 0.25) is 0 Å². The highest BCUT2D eigenvalue weighted by atomic mass is 32.2.